The van der Waals surface area contributed by atoms with Gasteiger partial charge in [-0.3, -0.25) is 4.68 Å². The van der Waals surface area contributed by atoms with Crippen molar-refractivity contribution in [1.82, 2.24) is 25.2 Å². The zero-order valence-corrected chi connectivity index (χ0v) is 13.6. The van der Waals surface area contributed by atoms with Gasteiger partial charge in [0.1, 0.15) is 0 Å². The smallest absolute Gasteiger partial charge is 0.0843 e. The minimum atomic E-state index is 0.235. The summed E-state index contributed by atoms with van der Waals surface area (Å²) in [5.74, 6) is 0.858. The molecule has 0 spiro atoms. The van der Waals surface area contributed by atoms with Gasteiger partial charge in [0, 0.05) is 31.2 Å². The Bertz CT molecular complexity index is 418. The summed E-state index contributed by atoms with van der Waals surface area (Å²) in [6.07, 6.45) is 8.11. The van der Waals surface area contributed by atoms with Crippen LogP contribution < -0.4 is 5.32 Å². The van der Waals surface area contributed by atoms with Crippen LogP contribution in [-0.2, 0) is 13.5 Å². The highest BCUT2D eigenvalue weighted by atomic mass is 15.4. The van der Waals surface area contributed by atoms with Gasteiger partial charge in [0.2, 0.25) is 0 Å². The lowest BCUT2D eigenvalue weighted by atomic mass is 9.71. The van der Waals surface area contributed by atoms with Gasteiger partial charge in [-0.1, -0.05) is 12.1 Å². The summed E-state index contributed by atoms with van der Waals surface area (Å²) in [6.45, 7) is 2.37. The summed E-state index contributed by atoms with van der Waals surface area (Å²) in [7, 11) is 8.44. The standard InChI is InChI=1S/C15H29N5/c1-12-6-8-15(9-7-12,19(3)4)14(16-2)10-13-11-20(5)18-17-13/h11-12,14,16H,6-10H2,1-5H3. The van der Waals surface area contributed by atoms with Crippen LogP contribution in [0.1, 0.15) is 38.3 Å². The Hall–Kier alpha value is -0.940. The van der Waals surface area contributed by atoms with Gasteiger partial charge in [0.25, 0.3) is 0 Å². The predicted molar refractivity (Wildman–Crippen MR) is 81.6 cm³/mol. The van der Waals surface area contributed by atoms with Crippen molar-refractivity contribution >= 4 is 0 Å². The van der Waals surface area contributed by atoms with Crippen molar-refractivity contribution in [3.05, 3.63) is 11.9 Å². The summed E-state index contributed by atoms with van der Waals surface area (Å²) >= 11 is 0. The highest BCUT2D eigenvalue weighted by molar-refractivity contribution is 5.07. The number of hydrogen-bond donors (Lipinski definition) is 1. The van der Waals surface area contributed by atoms with Crippen molar-refractivity contribution in [1.29, 1.82) is 0 Å². The van der Waals surface area contributed by atoms with Crippen molar-refractivity contribution < 1.29 is 0 Å². The van der Waals surface area contributed by atoms with E-state index in [9.17, 15) is 0 Å². The molecule has 1 aromatic rings. The van der Waals surface area contributed by atoms with Crippen LogP contribution in [0.2, 0.25) is 0 Å². The molecule has 1 heterocycles. The Kier molecular flexibility index (Phi) is 4.81. The summed E-state index contributed by atoms with van der Waals surface area (Å²) in [5, 5.41) is 11.9. The number of nitrogens with one attached hydrogen (secondary N) is 1. The lowest BCUT2D eigenvalue weighted by Gasteiger charge is -2.49. The molecule has 5 nitrogen and oxygen atoms in total. The van der Waals surface area contributed by atoms with Crippen molar-refractivity contribution in [3.8, 4) is 0 Å². The van der Waals surface area contributed by atoms with Gasteiger partial charge in [-0.25, -0.2) is 0 Å². The second kappa shape index (κ2) is 6.22. The Balaban J connectivity index is 2.17. The average Bonchev–Trinajstić information content (AvgIpc) is 2.82. The molecule has 1 unspecified atom stereocenters. The molecule has 5 heteroatoms. The summed E-state index contributed by atoms with van der Waals surface area (Å²) < 4.78 is 1.79. The molecule has 1 aromatic heterocycles. The third kappa shape index (κ3) is 3.04. The number of rotatable bonds is 5. The Labute approximate surface area is 122 Å². The van der Waals surface area contributed by atoms with Crippen LogP contribution in [0.5, 0.6) is 0 Å². The van der Waals surface area contributed by atoms with Gasteiger partial charge in [0.15, 0.2) is 0 Å². The van der Waals surface area contributed by atoms with Crippen molar-refractivity contribution in [2.24, 2.45) is 13.0 Å². The molecule has 0 aliphatic heterocycles. The molecule has 1 fully saturated rings. The fourth-order valence-corrected chi connectivity index (χ4v) is 3.63. The Morgan fingerprint density at radius 2 is 2.10 bits per heavy atom. The van der Waals surface area contributed by atoms with E-state index in [1.54, 1.807) is 4.68 Å². The third-order valence-corrected chi connectivity index (χ3v) is 5.09. The maximum Gasteiger partial charge on any atom is 0.0843 e. The summed E-state index contributed by atoms with van der Waals surface area (Å²) in [6, 6.07) is 0.418. The number of nitrogens with zero attached hydrogens (tertiary/aromatic N) is 4. The molecule has 0 radical (unpaired) electrons. The molecule has 1 aliphatic rings. The van der Waals surface area contributed by atoms with Crippen LogP contribution in [0.25, 0.3) is 0 Å². The Morgan fingerprint density at radius 1 is 1.45 bits per heavy atom. The molecular weight excluding hydrogens is 250 g/mol. The van der Waals surface area contributed by atoms with Gasteiger partial charge in [0.05, 0.1) is 5.69 Å². The van der Waals surface area contributed by atoms with Crippen LogP contribution in [0.3, 0.4) is 0 Å². The lowest BCUT2D eigenvalue weighted by Crippen LogP contribution is -2.60. The molecule has 114 valence electrons. The van der Waals surface area contributed by atoms with E-state index in [0.29, 0.717) is 6.04 Å². The minimum Gasteiger partial charge on any atom is -0.315 e. The molecule has 1 N–H and O–H groups in total. The normalized spacial score (nSPS) is 28.8. The van der Waals surface area contributed by atoms with Gasteiger partial charge in [-0.15, -0.1) is 5.10 Å². The van der Waals surface area contributed by atoms with Crippen LogP contribution in [-0.4, -0.2) is 52.6 Å². The second-order valence-electron chi connectivity index (χ2n) is 6.61. The summed E-state index contributed by atoms with van der Waals surface area (Å²) in [5.41, 5.74) is 1.31. The van der Waals surface area contributed by atoms with E-state index in [-0.39, 0.29) is 5.54 Å². The largest absolute Gasteiger partial charge is 0.315 e. The predicted octanol–water partition coefficient (Wildman–Crippen LogP) is 1.46. The van der Waals surface area contributed by atoms with E-state index < -0.39 is 0 Å². The molecule has 20 heavy (non-hydrogen) atoms. The molecule has 0 aromatic carbocycles. The number of aryl methyl sites for hydroxylation is 1. The van der Waals surface area contributed by atoms with Gasteiger partial charge >= 0.3 is 0 Å². The average molecular weight is 279 g/mol. The number of aromatic nitrogens is 3. The van der Waals surface area contributed by atoms with E-state index in [1.807, 2.05) is 13.2 Å². The van der Waals surface area contributed by atoms with Gasteiger partial charge in [-0.2, -0.15) is 0 Å². The topological polar surface area (TPSA) is 46.0 Å². The quantitative estimate of drug-likeness (QED) is 0.886. The highest BCUT2D eigenvalue weighted by Gasteiger charge is 2.42. The van der Waals surface area contributed by atoms with Crippen LogP contribution in [0, 0.1) is 5.92 Å². The van der Waals surface area contributed by atoms with Gasteiger partial charge in [-0.05, 0) is 52.7 Å². The molecular formula is C15H29N5. The first-order chi connectivity index (χ1) is 9.48. The lowest BCUT2D eigenvalue weighted by molar-refractivity contribution is 0.0458. The second-order valence-corrected chi connectivity index (χ2v) is 6.61. The van der Waals surface area contributed by atoms with Gasteiger partial charge < -0.3 is 10.2 Å². The van der Waals surface area contributed by atoms with Crippen molar-refractivity contribution in [2.75, 3.05) is 21.1 Å². The highest BCUT2D eigenvalue weighted by Crippen LogP contribution is 2.38. The molecule has 1 aliphatic carbocycles. The fourth-order valence-electron chi connectivity index (χ4n) is 3.63. The maximum atomic E-state index is 4.26. The number of likely N-dealkylation sites (N-methyl/N-ethyl adjacent to an activating group) is 2. The van der Waals surface area contributed by atoms with Crippen LogP contribution in [0.15, 0.2) is 6.20 Å². The zero-order valence-electron chi connectivity index (χ0n) is 13.6. The first kappa shape index (κ1) is 15.4. The van der Waals surface area contributed by atoms with Crippen molar-refractivity contribution in [2.45, 2.75) is 50.6 Å². The number of hydrogen-bond acceptors (Lipinski definition) is 4. The molecule has 2 rings (SSSR count). The maximum absolute atomic E-state index is 4.26. The molecule has 1 atom stereocenters. The summed E-state index contributed by atoms with van der Waals surface area (Å²) in [4.78, 5) is 2.43. The zero-order chi connectivity index (χ0) is 14.8. The van der Waals surface area contributed by atoms with E-state index in [2.05, 4.69) is 48.6 Å². The first-order valence-electron chi connectivity index (χ1n) is 7.68. The SMILES string of the molecule is CNC(Cc1cn(C)nn1)C1(N(C)C)CCC(C)CC1. The van der Waals surface area contributed by atoms with Crippen LogP contribution in [0.4, 0.5) is 0 Å². The molecule has 1 saturated carbocycles. The third-order valence-electron chi connectivity index (χ3n) is 5.09. The monoisotopic (exact) mass is 279 g/mol. The molecule has 0 bridgehead atoms. The van der Waals surface area contributed by atoms with Crippen molar-refractivity contribution in [3.63, 3.8) is 0 Å². The molecule has 0 saturated heterocycles. The Morgan fingerprint density at radius 3 is 2.55 bits per heavy atom. The minimum absolute atomic E-state index is 0.235. The molecule has 0 amide bonds. The fraction of sp³-hybridized carbons (Fsp3) is 0.867. The van der Waals surface area contributed by atoms with E-state index in [4.69, 9.17) is 0 Å². The first-order valence-corrected chi connectivity index (χ1v) is 7.68. The van der Waals surface area contributed by atoms with Crippen LogP contribution >= 0.6 is 0 Å². The van der Waals surface area contributed by atoms with E-state index >= 15 is 0 Å². The van der Waals surface area contributed by atoms with E-state index in [1.165, 1.54) is 25.7 Å². The van der Waals surface area contributed by atoms with E-state index in [0.717, 1.165) is 18.0 Å².